The molecule has 6 nitrogen and oxygen atoms in total. The zero-order valence-electron chi connectivity index (χ0n) is 9.78. The fourth-order valence-electron chi connectivity index (χ4n) is 1.46. The minimum absolute atomic E-state index is 0.259. The van der Waals surface area contributed by atoms with Crippen LogP contribution >= 0.6 is 0 Å². The first-order chi connectivity index (χ1) is 7.88. The number of aliphatic carboxylic acids is 1. The summed E-state index contributed by atoms with van der Waals surface area (Å²) in [5.74, 6) is 0.272. The van der Waals surface area contributed by atoms with E-state index in [2.05, 4.69) is 15.3 Å². The topological polar surface area (TPSA) is 95.1 Å². The molecule has 0 aromatic carbocycles. The minimum atomic E-state index is -1.15. The maximum atomic E-state index is 11.4. The first kappa shape index (κ1) is 11.6. The van der Waals surface area contributed by atoms with Gasteiger partial charge in [-0.15, -0.1) is 0 Å². The number of hydrogen-bond acceptors (Lipinski definition) is 4. The van der Waals surface area contributed by atoms with Crippen molar-refractivity contribution in [1.82, 2.24) is 9.97 Å². The summed E-state index contributed by atoms with van der Waals surface area (Å²) >= 11 is 0. The highest BCUT2D eigenvalue weighted by Gasteiger charge is 2.29. The standard InChI is InChI=1S/C11H15N3O3/c1-11(2,10(16)17)14-7-5-8(15)13-9(12-7)6-3-4-6/h5-6H,3-4H2,1-2H3,(H,16,17)(H2,12,13,14,15). The number of H-pyrrole nitrogens is 1. The van der Waals surface area contributed by atoms with Crippen molar-refractivity contribution in [3.05, 3.63) is 22.2 Å². The van der Waals surface area contributed by atoms with E-state index in [0.717, 1.165) is 12.8 Å². The maximum Gasteiger partial charge on any atom is 0.328 e. The van der Waals surface area contributed by atoms with Gasteiger partial charge in [-0.25, -0.2) is 9.78 Å². The summed E-state index contributed by atoms with van der Waals surface area (Å²) in [6, 6.07) is 1.27. The zero-order chi connectivity index (χ0) is 12.6. The second-order valence-electron chi connectivity index (χ2n) is 4.85. The largest absolute Gasteiger partial charge is 0.480 e. The summed E-state index contributed by atoms with van der Waals surface area (Å²) in [5, 5.41) is 11.7. The number of carboxylic acid groups (broad SMARTS) is 1. The summed E-state index contributed by atoms with van der Waals surface area (Å²) in [7, 11) is 0. The average molecular weight is 237 g/mol. The number of carboxylic acids is 1. The lowest BCUT2D eigenvalue weighted by Gasteiger charge is -2.21. The third-order valence-electron chi connectivity index (χ3n) is 2.70. The summed E-state index contributed by atoms with van der Waals surface area (Å²) in [4.78, 5) is 29.3. The maximum absolute atomic E-state index is 11.4. The highest BCUT2D eigenvalue weighted by Crippen LogP contribution is 2.37. The number of nitrogens with one attached hydrogen (secondary N) is 2. The molecule has 0 unspecified atom stereocenters. The Balaban J connectivity index is 2.26. The number of carbonyl (C=O) groups is 1. The van der Waals surface area contributed by atoms with Gasteiger partial charge in [0.25, 0.3) is 5.56 Å². The van der Waals surface area contributed by atoms with Crippen molar-refractivity contribution in [2.75, 3.05) is 5.32 Å². The Morgan fingerprint density at radius 2 is 2.24 bits per heavy atom. The van der Waals surface area contributed by atoms with E-state index in [-0.39, 0.29) is 5.56 Å². The van der Waals surface area contributed by atoms with E-state index in [9.17, 15) is 9.59 Å². The van der Waals surface area contributed by atoms with Gasteiger partial charge in [0.15, 0.2) is 0 Å². The molecule has 17 heavy (non-hydrogen) atoms. The number of rotatable bonds is 4. The molecule has 0 bridgehead atoms. The van der Waals surface area contributed by atoms with Crippen molar-refractivity contribution in [3.63, 3.8) is 0 Å². The van der Waals surface area contributed by atoms with Crippen LogP contribution < -0.4 is 10.9 Å². The van der Waals surface area contributed by atoms with Crippen LogP contribution in [0.25, 0.3) is 0 Å². The second-order valence-corrected chi connectivity index (χ2v) is 4.85. The molecule has 1 fully saturated rings. The van der Waals surface area contributed by atoms with Crippen LogP contribution in [0, 0.1) is 0 Å². The first-order valence-electron chi connectivity index (χ1n) is 5.51. The van der Waals surface area contributed by atoms with Crippen LogP contribution in [0.3, 0.4) is 0 Å². The SMILES string of the molecule is CC(C)(Nc1cc(=O)[nH]c(C2CC2)n1)C(=O)O. The molecule has 1 aromatic heterocycles. The van der Waals surface area contributed by atoms with Crippen LogP contribution in [-0.4, -0.2) is 26.6 Å². The fourth-order valence-corrected chi connectivity index (χ4v) is 1.46. The second kappa shape index (κ2) is 3.87. The predicted octanol–water partition coefficient (Wildman–Crippen LogP) is 0.922. The fraction of sp³-hybridized carbons (Fsp3) is 0.545. The van der Waals surface area contributed by atoms with Gasteiger partial charge in [0.2, 0.25) is 0 Å². The lowest BCUT2D eigenvalue weighted by molar-refractivity contribution is -0.141. The summed E-state index contributed by atoms with van der Waals surface area (Å²) in [6.45, 7) is 3.05. The monoisotopic (exact) mass is 237 g/mol. The molecule has 1 aromatic rings. The Bertz CT molecular complexity index is 503. The predicted molar refractivity (Wildman–Crippen MR) is 62.2 cm³/mol. The van der Waals surface area contributed by atoms with E-state index in [0.29, 0.717) is 17.6 Å². The van der Waals surface area contributed by atoms with Gasteiger partial charge < -0.3 is 15.4 Å². The van der Waals surface area contributed by atoms with E-state index in [1.54, 1.807) is 0 Å². The molecule has 0 atom stereocenters. The average Bonchev–Trinajstić information content (AvgIpc) is 2.98. The van der Waals surface area contributed by atoms with Crippen molar-refractivity contribution < 1.29 is 9.90 Å². The molecule has 1 saturated carbocycles. The van der Waals surface area contributed by atoms with Gasteiger partial charge >= 0.3 is 5.97 Å². The van der Waals surface area contributed by atoms with Crippen molar-refractivity contribution in [3.8, 4) is 0 Å². The van der Waals surface area contributed by atoms with Crippen LogP contribution in [0.4, 0.5) is 5.82 Å². The molecule has 6 heteroatoms. The molecule has 2 rings (SSSR count). The zero-order valence-corrected chi connectivity index (χ0v) is 9.78. The highest BCUT2D eigenvalue weighted by atomic mass is 16.4. The highest BCUT2D eigenvalue weighted by molar-refractivity contribution is 5.81. The minimum Gasteiger partial charge on any atom is -0.480 e. The Hall–Kier alpha value is -1.85. The molecule has 1 aliphatic rings. The molecule has 0 spiro atoms. The van der Waals surface area contributed by atoms with Crippen molar-refractivity contribution in [2.45, 2.75) is 38.1 Å². The van der Waals surface area contributed by atoms with Gasteiger partial charge in [-0.2, -0.15) is 0 Å². The normalized spacial score (nSPS) is 15.6. The van der Waals surface area contributed by atoms with Crippen molar-refractivity contribution in [1.29, 1.82) is 0 Å². The quantitative estimate of drug-likeness (QED) is 0.723. The van der Waals surface area contributed by atoms with Crippen LogP contribution in [0.15, 0.2) is 10.9 Å². The Morgan fingerprint density at radius 1 is 1.59 bits per heavy atom. The van der Waals surface area contributed by atoms with Gasteiger partial charge in [0.05, 0.1) is 0 Å². The third-order valence-corrected chi connectivity index (χ3v) is 2.70. The third kappa shape index (κ3) is 2.64. The van der Waals surface area contributed by atoms with E-state index in [4.69, 9.17) is 5.11 Å². The van der Waals surface area contributed by atoms with Gasteiger partial charge in [-0.05, 0) is 26.7 Å². The number of aromatic amines is 1. The number of nitrogens with zero attached hydrogens (tertiary/aromatic N) is 1. The van der Waals surface area contributed by atoms with Crippen LogP contribution in [-0.2, 0) is 4.79 Å². The van der Waals surface area contributed by atoms with Gasteiger partial charge in [0.1, 0.15) is 17.2 Å². The van der Waals surface area contributed by atoms with E-state index < -0.39 is 11.5 Å². The summed E-state index contributed by atoms with van der Waals surface area (Å²) < 4.78 is 0. The molecule has 0 amide bonds. The summed E-state index contributed by atoms with van der Waals surface area (Å²) in [5.41, 5.74) is -1.41. The van der Waals surface area contributed by atoms with Crippen molar-refractivity contribution >= 4 is 11.8 Å². The van der Waals surface area contributed by atoms with E-state index in [1.165, 1.54) is 19.9 Å². The molecular formula is C11H15N3O3. The number of aromatic nitrogens is 2. The van der Waals surface area contributed by atoms with Crippen molar-refractivity contribution in [2.24, 2.45) is 0 Å². The lowest BCUT2D eigenvalue weighted by Crippen LogP contribution is -2.40. The number of hydrogen-bond donors (Lipinski definition) is 3. The molecule has 1 aliphatic carbocycles. The molecule has 0 aliphatic heterocycles. The van der Waals surface area contributed by atoms with Gasteiger partial charge in [0, 0.05) is 12.0 Å². The molecule has 0 saturated heterocycles. The molecule has 92 valence electrons. The van der Waals surface area contributed by atoms with Gasteiger partial charge in [-0.3, -0.25) is 4.79 Å². The van der Waals surface area contributed by atoms with Crippen LogP contribution in [0.5, 0.6) is 0 Å². The van der Waals surface area contributed by atoms with E-state index >= 15 is 0 Å². The Kier molecular flexibility index (Phi) is 2.65. The smallest absolute Gasteiger partial charge is 0.328 e. The summed E-state index contributed by atoms with van der Waals surface area (Å²) in [6.07, 6.45) is 2.05. The molecule has 3 N–H and O–H groups in total. The van der Waals surface area contributed by atoms with Gasteiger partial charge in [-0.1, -0.05) is 0 Å². The van der Waals surface area contributed by atoms with Crippen LogP contribution in [0.2, 0.25) is 0 Å². The van der Waals surface area contributed by atoms with E-state index in [1.807, 2.05) is 0 Å². The Morgan fingerprint density at radius 3 is 2.76 bits per heavy atom. The Labute approximate surface area is 98.1 Å². The molecular weight excluding hydrogens is 222 g/mol. The molecule has 1 heterocycles. The molecule has 0 radical (unpaired) electrons. The number of anilines is 1. The lowest BCUT2D eigenvalue weighted by atomic mass is 10.1. The van der Waals surface area contributed by atoms with Crippen LogP contribution in [0.1, 0.15) is 38.4 Å². The first-order valence-corrected chi connectivity index (χ1v) is 5.51.